The largest absolute Gasteiger partial charge is 0.377 e. The normalized spacial score (nSPS) is 20.8. The maximum atomic E-state index is 5.14. The number of aryl methyl sites for hydroxylation is 1. The zero-order valence-electron chi connectivity index (χ0n) is 18.2. The highest BCUT2D eigenvalue weighted by Crippen LogP contribution is 2.16. The minimum atomic E-state index is 0. The molecule has 1 fully saturated rings. The molecule has 1 saturated heterocycles. The summed E-state index contributed by atoms with van der Waals surface area (Å²) < 4.78 is 7.14. The third-order valence-electron chi connectivity index (χ3n) is 5.81. The predicted octanol–water partition coefficient (Wildman–Crippen LogP) is 2.03. The van der Waals surface area contributed by atoms with E-state index in [0.717, 1.165) is 49.5 Å². The number of hydrogen-bond acceptors (Lipinski definition) is 5. The van der Waals surface area contributed by atoms with Gasteiger partial charge >= 0.3 is 0 Å². The van der Waals surface area contributed by atoms with E-state index in [9.17, 15) is 0 Å². The highest BCUT2D eigenvalue weighted by Gasteiger charge is 2.22. The van der Waals surface area contributed by atoms with Crippen molar-refractivity contribution in [2.24, 2.45) is 10.9 Å². The van der Waals surface area contributed by atoms with Crippen LogP contribution in [0.4, 0.5) is 0 Å². The number of unbranched alkanes of at least 4 members (excludes halogenated alkanes) is 1. The Hall–Kier alpha value is -0.940. The smallest absolute Gasteiger partial charge is 0.191 e. The number of aromatic nitrogens is 3. The van der Waals surface area contributed by atoms with Gasteiger partial charge in [0.2, 0.25) is 0 Å². The minimum absolute atomic E-state index is 0. The Morgan fingerprint density at radius 1 is 1.24 bits per heavy atom. The van der Waals surface area contributed by atoms with Gasteiger partial charge in [0.1, 0.15) is 12.4 Å². The van der Waals surface area contributed by atoms with Gasteiger partial charge in [-0.25, -0.2) is 9.67 Å². The first kappa shape index (κ1) is 24.3. The Kier molecular flexibility index (Phi) is 10.6. The van der Waals surface area contributed by atoms with Crippen molar-refractivity contribution in [1.82, 2.24) is 30.3 Å². The number of guanidine groups is 1. The Bertz CT molecular complexity index is 628. The number of nitrogens with one attached hydrogen (secondary N) is 2. The molecule has 3 heterocycles. The van der Waals surface area contributed by atoms with E-state index in [1.807, 2.05) is 11.7 Å². The molecule has 0 aliphatic carbocycles. The van der Waals surface area contributed by atoms with Gasteiger partial charge in [-0.3, -0.25) is 4.99 Å². The van der Waals surface area contributed by atoms with Gasteiger partial charge in [0.25, 0.3) is 0 Å². The van der Waals surface area contributed by atoms with Crippen molar-refractivity contribution in [3.8, 4) is 0 Å². The van der Waals surface area contributed by atoms with E-state index in [4.69, 9.17) is 4.74 Å². The second kappa shape index (κ2) is 12.7. The number of likely N-dealkylation sites (tertiary alicyclic amines) is 1. The maximum absolute atomic E-state index is 5.14. The zero-order valence-corrected chi connectivity index (χ0v) is 20.5. The van der Waals surface area contributed by atoms with Gasteiger partial charge in [0.15, 0.2) is 11.8 Å². The lowest BCUT2D eigenvalue weighted by molar-refractivity contribution is 0.177. The summed E-state index contributed by atoms with van der Waals surface area (Å²) in [6.07, 6.45) is 7.10. The van der Waals surface area contributed by atoms with E-state index in [1.54, 1.807) is 7.11 Å². The predicted molar refractivity (Wildman–Crippen MR) is 127 cm³/mol. The van der Waals surface area contributed by atoms with Crippen LogP contribution in [0.5, 0.6) is 0 Å². The third kappa shape index (κ3) is 7.67. The second-order valence-electron chi connectivity index (χ2n) is 8.17. The number of halogens is 1. The molecule has 1 aromatic rings. The van der Waals surface area contributed by atoms with Crippen LogP contribution >= 0.6 is 24.0 Å². The standard InChI is InChI=1S/C20H37N7O.HI/c1-16-8-12-26(13-9-16)11-5-4-10-22-20(21-2)23-17-6-7-19-24-18(15-28-3)25-27(19)14-17;/h16-17H,4-15H2,1-3H3,(H2,21,22,23);1H. The SMILES string of the molecule is CN=C(NCCCCN1CCC(C)CC1)NC1CCc2nc(COC)nn2C1.I. The molecule has 3 rings (SSSR count). The molecular weight excluding hydrogens is 481 g/mol. The maximum Gasteiger partial charge on any atom is 0.191 e. The van der Waals surface area contributed by atoms with Gasteiger partial charge in [-0.05, 0) is 57.7 Å². The lowest BCUT2D eigenvalue weighted by atomic mass is 9.99. The molecule has 1 aromatic heterocycles. The topological polar surface area (TPSA) is 79.6 Å². The van der Waals surface area contributed by atoms with E-state index < -0.39 is 0 Å². The van der Waals surface area contributed by atoms with Crippen molar-refractivity contribution < 1.29 is 4.74 Å². The fourth-order valence-corrected chi connectivity index (χ4v) is 4.01. The fraction of sp³-hybridized carbons (Fsp3) is 0.850. The molecule has 1 atom stereocenters. The molecule has 0 spiro atoms. The zero-order chi connectivity index (χ0) is 19.8. The second-order valence-corrected chi connectivity index (χ2v) is 8.17. The van der Waals surface area contributed by atoms with Gasteiger partial charge in [0, 0.05) is 33.2 Å². The van der Waals surface area contributed by atoms with Crippen LogP contribution in [0, 0.1) is 5.92 Å². The van der Waals surface area contributed by atoms with Gasteiger partial charge < -0.3 is 20.3 Å². The summed E-state index contributed by atoms with van der Waals surface area (Å²) in [6, 6.07) is 0.325. The average molecular weight is 519 g/mol. The van der Waals surface area contributed by atoms with E-state index in [-0.39, 0.29) is 24.0 Å². The van der Waals surface area contributed by atoms with Crippen LogP contribution < -0.4 is 10.6 Å². The monoisotopic (exact) mass is 519 g/mol. The van der Waals surface area contributed by atoms with Crippen LogP contribution in [-0.4, -0.2) is 72.0 Å². The van der Waals surface area contributed by atoms with Crippen LogP contribution in [0.25, 0.3) is 0 Å². The number of aliphatic imine (C=N–C) groups is 1. The number of rotatable bonds is 8. The highest BCUT2D eigenvalue weighted by atomic mass is 127. The molecule has 2 aliphatic heterocycles. The van der Waals surface area contributed by atoms with Crippen molar-refractivity contribution in [2.75, 3.05) is 40.3 Å². The van der Waals surface area contributed by atoms with Crippen LogP contribution in [0.15, 0.2) is 4.99 Å². The molecule has 0 radical (unpaired) electrons. The first-order valence-electron chi connectivity index (χ1n) is 10.8. The summed E-state index contributed by atoms with van der Waals surface area (Å²) in [4.78, 5) is 11.5. The molecule has 9 heteroatoms. The lowest BCUT2D eigenvalue weighted by Crippen LogP contribution is -2.47. The van der Waals surface area contributed by atoms with E-state index >= 15 is 0 Å². The van der Waals surface area contributed by atoms with Crippen LogP contribution in [-0.2, 0) is 24.3 Å². The van der Waals surface area contributed by atoms with Crippen molar-refractivity contribution in [3.63, 3.8) is 0 Å². The molecule has 2 N–H and O–H groups in total. The molecule has 2 aliphatic rings. The van der Waals surface area contributed by atoms with Crippen molar-refractivity contribution in [2.45, 2.75) is 64.6 Å². The van der Waals surface area contributed by atoms with Crippen molar-refractivity contribution >= 4 is 29.9 Å². The van der Waals surface area contributed by atoms with E-state index in [1.165, 1.54) is 45.3 Å². The first-order valence-corrected chi connectivity index (χ1v) is 10.8. The molecule has 0 amide bonds. The van der Waals surface area contributed by atoms with E-state index in [0.29, 0.717) is 12.6 Å². The quantitative estimate of drug-likeness (QED) is 0.237. The third-order valence-corrected chi connectivity index (χ3v) is 5.81. The molecule has 0 saturated carbocycles. The molecular formula is C20H38IN7O. The summed E-state index contributed by atoms with van der Waals surface area (Å²) in [5, 5.41) is 11.5. The Morgan fingerprint density at radius 2 is 2.03 bits per heavy atom. The number of hydrogen-bond donors (Lipinski definition) is 2. The fourth-order valence-electron chi connectivity index (χ4n) is 4.01. The molecule has 1 unspecified atom stereocenters. The summed E-state index contributed by atoms with van der Waals surface area (Å²) in [5.74, 6) is 3.62. The van der Waals surface area contributed by atoms with Crippen molar-refractivity contribution in [3.05, 3.63) is 11.6 Å². The summed E-state index contributed by atoms with van der Waals surface area (Å²) in [5.41, 5.74) is 0. The summed E-state index contributed by atoms with van der Waals surface area (Å²) in [6.45, 7) is 8.39. The number of ether oxygens (including phenoxy) is 1. The number of fused-ring (bicyclic) bond motifs is 1. The average Bonchev–Trinajstić information content (AvgIpc) is 3.10. The van der Waals surface area contributed by atoms with Gasteiger partial charge in [0.05, 0.1) is 6.54 Å². The first-order chi connectivity index (χ1) is 13.7. The lowest BCUT2D eigenvalue weighted by Gasteiger charge is -2.30. The minimum Gasteiger partial charge on any atom is -0.377 e. The van der Waals surface area contributed by atoms with Crippen LogP contribution in [0.1, 0.15) is 50.7 Å². The highest BCUT2D eigenvalue weighted by molar-refractivity contribution is 14.0. The molecule has 166 valence electrons. The number of nitrogens with zero attached hydrogens (tertiary/aromatic N) is 5. The summed E-state index contributed by atoms with van der Waals surface area (Å²) in [7, 11) is 3.51. The van der Waals surface area contributed by atoms with E-state index in [2.05, 4.69) is 37.5 Å². The molecule has 0 bridgehead atoms. The Morgan fingerprint density at radius 3 is 2.76 bits per heavy atom. The number of methoxy groups -OCH3 is 1. The molecule has 29 heavy (non-hydrogen) atoms. The van der Waals surface area contributed by atoms with Gasteiger partial charge in [-0.2, -0.15) is 5.10 Å². The van der Waals surface area contributed by atoms with Gasteiger partial charge in [-0.15, -0.1) is 24.0 Å². The summed E-state index contributed by atoms with van der Waals surface area (Å²) >= 11 is 0. The van der Waals surface area contributed by atoms with Gasteiger partial charge in [-0.1, -0.05) is 6.92 Å². The Labute approximate surface area is 192 Å². The molecule has 0 aromatic carbocycles. The van der Waals surface area contributed by atoms with Crippen LogP contribution in [0.3, 0.4) is 0 Å². The molecule has 8 nitrogen and oxygen atoms in total. The number of piperidine rings is 1. The Balaban J connectivity index is 0.00000300. The van der Waals surface area contributed by atoms with Crippen molar-refractivity contribution in [1.29, 1.82) is 0 Å². The van der Waals surface area contributed by atoms with Crippen LogP contribution in [0.2, 0.25) is 0 Å².